The molecule has 80 valence electrons. The molecule has 3 nitrogen and oxygen atoms in total. The number of carbonyl (C=O) groups is 1. The molecule has 1 heterocycles. The molecular formula is C12H14O3. The van der Waals surface area contributed by atoms with Gasteiger partial charge in [0.15, 0.2) is 6.29 Å². The summed E-state index contributed by atoms with van der Waals surface area (Å²) in [7, 11) is 0. The molecule has 0 aliphatic carbocycles. The van der Waals surface area contributed by atoms with Crippen molar-refractivity contribution in [3.8, 4) is 5.75 Å². The second kappa shape index (κ2) is 4.94. The van der Waals surface area contributed by atoms with E-state index < -0.39 is 0 Å². The predicted molar refractivity (Wildman–Crippen MR) is 56.0 cm³/mol. The van der Waals surface area contributed by atoms with Crippen molar-refractivity contribution < 1.29 is 14.3 Å². The van der Waals surface area contributed by atoms with Gasteiger partial charge in [-0.2, -0.15) is 0 Å². The van der Waals surface area contributed by atoms with Gasteiger partial charge in [-0.3, -0.25) is 4.79 Å². The zero-order valence-electron chi connectivity index (χ0n) is 8.52. The SMILES string of the molecule is O=Cc1ccc(O[C@H]2CCCCO2)cc1. The van der Waals surface area contributed by atoms with E-state index in [1.807, 2.05) is 0 Å². The molecule has 1 saturated heterocycles. The Morgan fingerprint density at radius 3 is 2.67 bits per heavy atom. The van der Waals surface area contributed by atoms with E-state index in [1.165, 1.54) is 0 Å². The van der Waals surface area contributed by atoms with Crippen molar-refractivity contribution in [2.75, 3.05) is 6.61 Å². The first-order valence-corrected chi connectivity index (χ1v) is 5.22. The Balaban J connectivity index is 1.94. The molecule has 0 bridgehead atoms. The fourth-order valence-electron chi connectivity index (χ4n) is 1.58. The minimum atomic E-state index is -0.124. The molecule has 0 saturated carbocycles. The van der Waals surface area contributed by atoms with Crippen molar-refractivity contribution in [2.45, 2.75) is 25.6 Å². The van der Waals surface area contributed by atoms with Crippen LogP contribution in [0.1, 0.15) is 29.6 Å². The number of hydrogen-bond acceptors (Lipinski definition) is 3. The maximum atomic E-state index is 10.4. The molecule has 0 aromatic heterocycles. The van der Waals surface area contributed by atoms with Gasteiger partial charge >= 0.3 is 0 Å². The fourth-order valence-corrected chi connectivity index (χ4v) is 1.58. The Labute approximate surface area is 89.0 Å². The van der Waals surface area contributed by atoms with Gasteiger partial charge in [0.1, 0.15) is 12.0 Å². The number of rotatable bonds is 3. The molecule has 0 unspecified atom stereocenters. The zero-order chi connectivity index (χ0) is 10.5. The molecule has 1 atom stereocenters. The Bertz CT molecular complexity index is 312. The van der Waals surface area contributed by atoms with Gasteiger partial charge in [-0.05, 0) is 37.1 Å². The van der Waals surface area contributed by atoms with Crippen LogP contribution in [0.2, 0.25) is 0 Å². The summed E-state index contributed by atoms with van der Waals surface area (Å²) < 4.78 is 11.1. The highest BCUT2D eigenvalue weighted by Gasteiger charge is 2.14. The van der Waals surface area contributed by atoms with Crippen LogP contribution in [0.3, 0.4) is 0 Å². The highest BCUT2D eigenvalue weighted by atomic mass is 16.7. The standard InChI is InChI=1S/C12H14O3/c13-9-10-4-6-11(7-5-10)15-12-3-1-2-8-14-12/h4-7,9,12H,1-3,8H2/t12-/m0/s1. The van der Waals surface area contributed by atoms with E-state index >= 15 is 0 Å². The lowest BCUT2D eigenvalue weighted by molar-refractivity contribution is -0.105. The van der Waals surface area contributed by atoms with E-state index in [1.54, 1.807) is 24.3 Å². The smallest absolute Gasteiger partial charge is 0.199 e. The molecule has 1 fully saturated rings. The Morgan fingerprint density at radius 1 is 1.27 bits per heavy atom. The Kier molecular flexibility index (Phi) is 3.35. The van der Waals surface area contributed by atoms with Crippen LogP contribution in [0.5, 0.6) is 5.75 Å². The van der Waals surface area contributed by atoms with Crippen LogP contribution in [-0.2, 0) is 4.74 Å². The van der Waals surface area contributed by atoms with Gasteiger partial charge in [-0.25, -0.2) is 0 Å². The molecule has 0 amide bonds. The van der Waals surface area contributed by atoms with Crippen LogP contribution in [0.25, 0.3) is 0 Å². The third-order valence-corrected chi connectivity index (χ3v) is 2.42. The van der Waals surface area contributed by atoms with Gasteiger partial charge in [-0.1, -0.05) is 0 Å². The first kappa shape index (κ1) is 10.2. The van der Waals surface area contributed by atoms with Gasteiger partial charge < -0.3 is 9.47 Å². The van der Waals surface area contributed by atoms with Gasteiger partial charge in [0, 0.05) is 12.0 Å². The van der Waals surface area contributed by atoms with Crippen molar-refractivity contribution in [1.29, 1.82) is 0 Å². The first-order chi connectivity index (χ1) is 7.38. The van der Waals surface area contributed by atoms with Crippen molar-refractivity contribution in [2.24, 2.45) is 0 Å². The lowest BCUT2D eigenvalue weighted by Gasteiger charge is -2.23. The number of aldehydes is 1. The van der Waals surface area contributed by atoms with E-state index in [4.69, 9.17) is 9.47 Å². The summed E-state index contributed by atoms with van der Waals surface area (Å²) in [6.45, 7) is 0.775. The minimum absolute atomic E-state index is 0.124. The molecule has 3 heteroatoms. The summed E-state index contributed by atoms with van der Waals surface area (Å²) >= 11 is 0. The summed E-state index contributed by atoms with van der Waals surface area (Å²) in [6.07, 6.45) is 3.90. The lowest BCUT2D eigenvalue weighted by atomic mass is 10.2. The first-order valence-electron chi connectivity index (χ1n) is 5.22. The van der Waals surface area contributed by atoms with Crippen LogP contribution in [-0.4, -0.2) is 19.2 Å². The number of carbonyl (C=O) groups excluding carboxylic acids is 1. The van der Waals surface area contributed by atoms with Gasteiger partial charge in [0.25, 0.3) is 0 Å². The highest BCUT2D eigenvalue weighted by molar-refractivity contribution is 5.74. The molecule has 15 heavy (non-hydrogen) atoms. The molecule has 0 spiro atoms. The van der Waals surface area contributed by atoms with Crippen molar-refractivity contribution in [3.63, 3.8) is 0 Å². The zero-order valence-corrected chi connectivity index (χ0v) is 8.52. The summed E-state index contributed by atoms with van der Waals surface area (Å²) in [5.74, 6) is 0.757. The maximum Gasteiger partial charge on any atom is 0.199 e. The largest absolute Gasteiger partial charge is 0.465 e. The number of benzene rings is 1. The van der Waals surface area contributed by atoms with Crippen LogP contribution in [0.4, 0.5) is 0 Å². The molecule has 1 aromatic rings. The number of ether oxygens (including phenoxy) is 2. The quantitative estimate of drug-likeness (QED) is 0.712. The second-order valence-corrected chi connectivity index (χ2v) is 3.60. The maximum absolute atomic E-state index is 10.4. The second-order valence-electron chi connectivity index (χ2n) is 3.60. The molecule has 1 aliphatic heterocycles. The van der Waals surface area contributed by atoms with Crippen molar-refractivity contribution in [3.05, 3.63) is 29.8 Å². The van der Waals surface area contributed by atoms with E-state index in [0.29, 0.717) is 5.56 Å². The van der Waals surface area contributed by atoms with Crippen LogP contribution in [0, 0.1) is 0 Å². The summed E-state index contributed by atoms with van der Waals surface area (Å²) in [4.78, 5) is 10.4. The van der Waals surface area contributed by atoms with E-state index in [9.17, 15) is 4.79 Å². The van der Waals surface area contributed by atoms with Gasteiger partial charge in [-0.15, -0.1) is 0 Å². The molecule has 0 radical (unpaired) electrons. The van der Waals surface area contributed by atoms with E-state index in [0.717, 1.165) is 37.9 Å². The van der Waals surface area contributed by atoms with Gasteiger partial charge in [0.2, 0.25) is 0 Å². The van der Waals surface area contributed by atoms with E-state index in [-0.39, 0.29) is 6.29 Å². The number of hydrogen-bond donors (Lipinski definition) is 0. The van der Waals surface area contributed by atoms with E-state index in [2.05, 4.69) is 0 Å². The van der Waals surface area contributed by atoms with Crippen LogP contribution >= 0.6 is 0 Å². The third kappa shape index (κ3) is 2.80. The third-order valence-electron chi connectivity index (χ3n) is 2.42. The topological polar surface area (TPSA) is 35.5 Å². The van der Waals surface area contributed by atoms with Crippen LogP contribution in [0.15, 0.2) is 24.3 Å². The van der Waals surface area contributed by atoms with Gasteiger partial charge in [0.05, 0.1) is 6.61 Å². The minimum Gasteiger partial charge on any atom is -0.465 e. The molecular weight excluding hydrogens is 192 g/mol. The monoisotopic (exact) mass is 206 g/mol. The molecule has 1 aromatic carbocycles. The normalized spacial score (nSPS) is 20.9. The summed E-state index contributed by atoms with van der Waals surface area (Å²) in [6, 6.07) is 7.07. The average Bonchev–Trinajstić information content (AvgIpc) is 2.31. The Hall–Kier alpha value is -1.35. The summed E-state index contributed by atoms with van der Waals surface area (Å²) in [5.41, 5.74) is 0.659. The van der Waals surface area contributed by atoms with Crippen molar-refractivity contribution in [1.82, 2.24) is 0 Å². The molecule has 0 N–H and O–H groups in total. The molecule has 1 aliphatic rings. The fraction of sp³-hybridized carbons (Fsp3) is 0.417. The average molecular weight is 206 g/mol. The Morgan fingerprint density at radius 2 is 2.07 bits per heavy atom. The summed E-state index contributed by atoms with van der Waals surface area (Å²) in [5, 5.41) is 0. The predicted octanol–water partition coefficient (Wildman–Crippen LogP) is 2.40. The van der Waals surface area contributed by atoms with Crippen molar-refractivity contribution >= 4 is 6.29 Å². The van der Waals surface area contributed by atoms with Crippen LogP contribution < -0.4 is 4.74 Å². The highest BCUT2D eigenvalue weighted by Crippen LogP contribution is 2.19. The lowest BCUT2D eigenvalue weighted by Crippen LogP contribution is -2.24. The molecule has 2 rings (SSSR count).